The van der Waals surface area contributed by atoms with Gasteiger partial charge in [0.15, 0.2) is 0 Å². The number of methoxy groups -OCH3 is 1. The minimum Gasteiger partial charge on any atom is -0.496 e. The number of nitrogens with one attached hydrogen (secondary N) is 1. The minimum atomic E-state index is -1.06. The van der Waals surface area contributed by atoms with Gasteiger partial charge in [0.25, 0.3) is 5.91 Å². The van der Waals surface area contributed by atoms with Crippen molar-refractivity contribution in [3.05, 3.63) is 65.2 Å². The van der Waals surface area contributed by atoms with Crippen LogP contribution in [0.1, 0.15) is 28.8 Å². The van der Waals surface area contributed by atoms with Gasteiger partial charge in [-0.15, -0.1) is 0 Å². The Balaban J connectivity index is 1.87. The second kappa shape index (κ2) is 8.46. The standard InChI is InChI=1S/C21H22F2N2O4/c1-29-18-5-3-2-4-15(18)19(26)24-13-21(8-10-25(11-9-21)20(27)28)16-12-14(22)6-7-17(16)23/h2-7,12H,8-11,13H2,1H3,(H,24,26)(H,27,28). The first-order valence-corrected chi connectivity index (χ1v) is 9.21. The van der Waals surface area contributed by atoms with Gasteiger partial charge in [0.05, 0.1) is 12.7 Å². The molecule has 0 saturated carbocycles. The maximum absolute atomic E-state index is 14.6. The molecular formula is C21H22F2N2O4. The quantitative estimate of drug-likeness (QED) is 0.801. The molecule has 0 spiro atoms. The predicted molar refractivity (Wildman–Crippen MR) is 102 cm³/mol. The van der Waals surface area contributed by atoms with Crippen LogP contribution in [0, 0.1) is 11.6 Å². The number of amides is 2. The van der Waals surface area contributed by atoms with E-state index < -0.39 is 29.0 Å². The van der Waals surface area contributed by atoms with E-state index in [1.807, 2.05) is 0 Å². The largest absolute Gasteiger partial charge is 0.496 e. The summed E-state index contributed by atoms with van der Waals surface area (Å²) in [6.07, 6.45) is -0.547. The lowest BCUT2D eigenvalue weighted by Crippen LogP contribution is -2.50. The molecule has 1 aliphatic rings. The zero-order valence-electron chi connectivity index (χ0n) is 16.0. The highest BCUT2D eigenvalue weighted by atomic mass is 19.1. The molecule has 0 radical (unpaired) electrons. The SMILES string of the molecule is COc1ccccc1C(=O)NCC1(c2cc(F)ccc2F)CCN(C(=O)O)CC1. The molecule has 0 aromatic heterocycles. The van der Waals surface area contributed by atoms with E-state index in [2.05, 4.69) is 5.32 Å². The van der Waals surface area contributed by atoms with Gasteiger partial charge in [0.2, 0.25) is 0 Å². The summed E-state index contributed by atoms with van der Waals surface area (Å²) >= 11 is 0. The highest BCUT2D eigenvalue weighted by Gasteiger charge is 2.40. The van der Waals surface area contributed by atoms with Crippen LogP contribution in [-0.4, -0.2) is 48.8 Å². The number of nitrogens with zero attached hydrogens (tertiary/aromatic N) is 1. The van der Waals surface area contributed by atoms with Crippen molar-refractivity contribution in [2.75, 3.05) is 26.7 Å². The number of hydrogen-bond donors (Lipinski definition) is 2. The van der Waals surface area contributed by atoms with Gasteiger partial charge in [-0.25, -0.2) is 13.6 Å². The maximum atomic E-state index is 14.6. The smallest absolute Gasteiger partial charge is 0.407 e. The Bertz CT molecular complexity index is 911. The molecule has 2 aromatic rings. The highest BCUT2D eigenvalue weighted by molar-refractivity contribution is 5.97. The van der Waals surface area contributed by atoms with Crippen LogP contribution in [0.25, 0.3) is 0 Å². The van der Waals surface area contributed by atoms with E-state index in [0.29, 0.717) is 11.3 Å². The first-order valence-electron chi connectivity index (χ1n) is 9.21. The second-order valence-electron chi connectivity index (χ2n) is 7.06. The lowest BCUT2D eigenvalue weighted by molar-refractivity contribution is 0.0902. The number of carbonyl (C=O) groups is 2. The monoisotopic (exact) mass is 404 g/mol. The van der Waals surface area contributed by atoms with Crippen LogP contribution in [0.4, 0.5) is 13.6 Å². The average Bonchev–Trinajstić information content (AvgIpc) is 2.74. The number of piperidine rings is 1. The van der Waals surface area contributed by atoms with E-state index >= 15 is 0 Å². The van der Waals surface area contributed by atoms with Crippen LogP contribution >= 0.6 is 0 Å². The van der Waals surface area contributed by atoms with Crippen molar-refractivity contribution in [3.8, 4) is 5.75 Å². The fourth-order valence-corrected chi connectivity index (χ4v) is 3.75. The van der Waals surface area contributed by atoms with Crippen LogP contribution in [0.15, 0.2) is 42.5 Å². The molecule has 6 nitrogen and oxygen atoms in total. The normalized spacial score (nSPS) is 15.6. The number of benzene rings is 2. The second-order valence-corrected chi connectivity index (χ2v) is 7.06. The molecule has 0 unspecified atom stereocenters. The molecule has 2 aromatic carbocycles. The first-order chi connectivity index (χ1) is 13.9. The molecule has 1 saturated heterocycles. The third-order valence-electron chi connectivity index (χ3n) is 5.43. The summed E-state index contributed by atoms with van der Waals surface area (Å²) in [7, 11) is 1.46. The van der Waals surface area contributed by atoms with Crippen LogP contribution in [0.5, 0.6) is 5.75 Å². The van der Waals surface area contributed by atoms with Crippen LogP contribution < -0.4 is 10.1 Å². The molecule has 3 rings (SSSR count). The minimum absolute atomic E-state index is 0.0394. The van der Waals surface area contributed by atoms with Crippen molar-refractivity contribution in [3.63, 3.8) is 0 Å². The topological polar surface area (TPSA) is 78.9 Å². The Kier molecular flexibility index (Phi) is 6.00. The molecule has 2 N–H and O–H groups in total. The molecular weight excluding hydrogens is 382 g/mol. The van der Waals surface area contributed by atoms with E-state index in [1.54, 1.807) is 24.3 Å². The van der Waals surface area contributed by atoms with Gasteiger partial charge in [-0.05, 0) is 48.7 Å². The van der Waals surface area contributed by atoms with Gasteiger partial charge in [-0.2, -0.15) is 0 Å². The number of halogens is 2. The molecule has 0 aliphatic carbocycles. The van der Waals surface area contributed by atoms with Crippen molar-refractivity contribution in [2.24, 2.45) is 0 Å². The molecule has 2 amide bonds. The van der Waals surface area contributed by atoms with Gasteiger partial charge >= 0.3 is 6.09 Å². The van der Waals surface area contributed by atoms with E-state index in [1.165, 1.54) is 12.0 Å². The summed E-state index contributed by atoms with van der Waals surface area (Å²) in [4.78, 5) is 25.2. The molecule has 0 bridgehead atoms. The third-order valence-corrected chi connectivity index (χ3v) is 5.43. The number of hydrogen-bond acceptors (Lipinski definition) is 3. The fraction of sp³-hybridized carbons (Fsp3) is 0.333. The zero-order valence-corrected chi connectivity index (χ0v) is 16.0. The Morgan fingerprint density at radius 2 is 1.86 bits per heavy atom. The highest BCUT2D eigenvalue weighted by Crippen LogP contribution is 2.37. The van der Waals surface area contributed by atoms with E-state index in [4.69, 9.17) is 4.74 Å². The van der Waals surface area contributed by atoms with Gasteiger partial charge < -0.3 is 20.1 Å². The van der Waals surface area contributed by atoms with Gasteiger partial charge in [0, 0.05) is 25.0 Å². The number of carbonyl (C=O) groups excluding carboxylic acids is 1. The summed E-state index contributed by atoms with van der Waals surface area (Å²) in [5.41, 5.74) is -0.453. The van der Waals surface area contributed by atoms with Gasteiger partial charge in [0.1, 0.15) is 17.4 Å². The Morgan fingerprint density at radius 3 is 2.52 bits per heavy atom. The maximum Gasteiger partial charge on any atom is 0.407 e. The lowest BCUT2D eigenvalue weighted by Gasteiger charge is -2.41. The van der Waals surface area contributed by atoms with Gasteiger partial charge in [-0.3, -0.25) is 4.79 Å². The fourth-order valence-electron chi connectivity index (χ4n) is 3.75. The number of likely N-dealkylation sites (tertiary alicyclic amines) is 1. The summed E-state index contributed by atoms with van der Waals surface area (Å²) in [6, 6.07) is 9.91. The molecule has 8 heteroatoms. The first kappa shape index (κ1) is 20.6. The van der Waals surface area contributed by atoms with Crippen molar-refractivity contribution in [2.45, 2.75) is 18.3 Å². The number of rotatable bonds is 5. The molecule has 1 fully saturated rings. The summed E-state index contributed by atoms with van der Waals surface area (Å²) in [6.45, 7) is 0.364. The Morgan fingerprint density at radius 1 is 1.17 bits per heavy atom. The average molecular weight is 404 g/mol. The summed E-state index contributed by atoms with van der Waals surface area (Å²) < 4.78 is 33.7. The van der Waals surface area contributed by atoms with Crippen molar-refractivity contribution in [1.82, 2.24) is 10.2 Å². The molecule has 0 atom stereocenters. The summed E-state index contributed by atoms with van der Waals surface area (Å²) in [5.74, 6) is -1.17. The molecule has 1 aliphatic heterocycles. The zero-order chi connectivity index (χ0) is 21.0. The van der Waals surface area contributed by atoms with Crippen molar-refractivity contribution >= 4 is 12.0 Å². The van der Waals surface area contributed by atoms with Crippen LogP contribution in [0.3, 0.4) is 0 Å². The summed E-state index contributed by atoms with van der Waals surface area (Å²) in [5, 5.41) is 12.0. The van der Waals surface area contributed by atoms with E-state index in [-0.39, 0.29) is 38.0 Å². The van der Waals surface area contributed by atoms with Crippen LogP contribution in [0.2, 0.25) is 0 Å². The van der Waals surface area contributed by atoms with Crippen LogP contribution in [-0.2, 0) is 5.41 Å². The molecule has 29 heavy (non-hydrogen) atoms. The Hall–Kier alpha value is -3.16. The van der Waals surface area contributed by atoms with Crippen molar-refractivity contribution in [1.29, 1.82) is 0 Å². The molecule has 154 valence electrons. The third kappa shape index (κ3) is 4.31. The predicted octanol–water partition coefficient (Wildman–Crippen LogP) is 3.42. The van der Waals surface area contributed by atoms with Gasteiger partial charge in [-0.1, -0.05) is 12.1 Å². The Labute approximate surface area is 167 Å². The van der Waals surface area contributed by atoms with E-state index in [0.717, 1.165) is 18.2 Å². The number of ether oxygens (including phenoxy) is 1. The van der Waals surface area contributed by atoms with E-state index in [9.17, 15) is 23.5 Å². The number of para-hydroxylation sites is 1. The number of carboxylic acid groups (broad SMARTS) is 1. The van der Waals surface area contributed by atoms with Crippen molar-refractivity contribution < 1.29 is 28.2 Å². The lowest BCUT2D eigenvalue weighted by atomic mass is 9.72. The molecule has 1 heterocycles.